The van der Waals surface area contributed by atoms with Crippen molar-refractivity contribution in [1.82, 2.24) is 15.1 Å². The fourth-order valence-corrected chi connectivity index (χ4v) is 3.65. The first-order chi connectivity index (χ1) is 13.0. The SMILES string of the molecule is CC(C(=O)Nc1cccc(Cl)c1Cl)N(C)CC1CCCN1c1cccnn1. The molecular formula is C19H23Cl2N5O. The Morgan fingerprint density at radius 3 is 2.93 bits per heavy atom. The number of amides is 1. The van der Waals surface area contributed by atoms with Crippen LogP contribution in [0.15, 0.2) is 36.5 Å². The molecule has 2 aromatic rings. The number of benzene rings is 1. The molecule has 1 aliphatic heterocycles. The average molecular weight is 408 g/mol. The number of carbonyl (C=O) groups excluding carboxylic acids is 1. The van der Waals surface area contributed by atoms with Gasteiger partial charge in [0.1, 0.15) is 0 Å². The number of hydrogen-bond donors (Lipinski definition) is 1. The number of carbonyl (C=O) groups is 1. The molecule has 0 saturated carbocycles. The summed E-state index contributed by atoms with van der Waals surface area (Å²) in [4.78, 5) is 17.0. The molecule has 6 nitrogen and oxygen atoms in total. The summed E-state index contributed by atoms with van der Waals surface area (Å²) in [5, 5.41) is 11.8. The summed E-state index contributed by atoms with van der Waals surface area (Å²) < 4.78 is 0. The van der Waals surface area contributed by atoms with Crippen LogP contribution in [0.25, 0.3) is 0 Å². The van der Waals surface area contributed by atoms with Crippen molar-refractivity contribution in [3.05, 3.63) is 46.6 Å². The third kappa shape index (κ3) is 4.69. The van der Waals surface area contributed by atoms with Crippen molar-refractivity contribution in [3.8, 4) is 0 Å². The highest BCUT2D eigenvalue weighted by atomic mass is 35.5. The smallest absolute Gasteiger partial charge is 0.241 e. The third-order valence-corrected chi connectivity index (χ3v) is 5.80. The summed E-state index contributed by atoms with van der Waals surface area (Å²) in [6.07, 6.45) is 3.84. The summed E-state index contributed by atoms with van der Waals surface area (Å²) in [6.45, 7) is 3.60. The summed E-state index contributed by atoms with van der Waals surface area (Å²) in [5.41, 5.74) is 0.525. The zero-order valence-electron chi connectivity index (χ0n) is 15.4. The molecule has 0 aliphatic carbocycles. The van der Waals surface area contributed by atoms with Crippen molar-refractivity contribution >= 4 is 40.6 Å². The van der Waals surface area contributed by atoms with E-state index < -0.39 is 0 Å². The lowest BCUT2D eigenvalue weighted by Gasteiger charge is -2.31. The molecule has 1 fully saturated rings. The first-order valence-corrected chi connectivity index (χ1v) is 9.72. The second kappa shape index (κ2) is 8.87. The maximum Gasteiger partial charge on any atom is 0.241 e. The highest BCUT2D eigenvalue weighted by Gasteiger charge is 2.29. The van der Waals surface area contributed by atoms with E-state index >= 15 is 0 Å². The van der Waals surface area contributed by atoms with Crippen molar-refractivity contribution in [1.29, 1.82) is 0 Å². The summed E-state index contributed by atoms with van der Waals surface area (Å²) in [7, 11) is 1.96. The quantitative estimate of drug-likeness (QED) is 0.790. The largest absolute Gasteiger partial charge is 0.351 e. The molecule has 8 heteroatoms. The molecule has 27 heavy (non-hydrogen) atoms. The molecular weight excluding hydrogens is 385 g/mol. The number of likely N-dealkylation sites (N-methyl/N-ethyl adjacent to an activating group) is 1. The molecule has 1 aromatic heterocycles. The van der Waals surface area contributed by atoms with Gasteiger partial charge in [0.05, 0.1) is 21.8 Å². The minimum Gasteiger partial charge on any atom is -0.351 e. The van der Waals surface area contributed by atoms with Gasteiger partial charge in [0.15, 0.2) is 5.82 Å². The molecule has 0 bridgehead atoms. The molecule has 1 N–H and O–H groups in total. The average Bonchev–Trinajstić information content (AvgIpc) is 3.13. The third-order valence-electron chi connectivity index (χ3n) is 4.98. The first-order valence-electron chi connectivity index (χ1n) is 8.97. The predicted octanol–water partition coefficient (Wildman–Crippen LogP) is 3.71. The van der Waals surface area contributed by atoms with Gasteiger partial charge in [-0.3, -0.25) is 9.69 Å². The lowest BCUT2D eigenvalue weighted by molar-refractivity contribution is -0.120. The van der Waals surface area contributed by atoms with E-state index in [4.69, 9.17) is 23.2 Å². The zero-order chi connectivity index (χ0) is 19.4. The Morgan fingerprint density at radius 1 is 1.37 bits per heavy atom. The van der Waals surface area contributed by atoms with Crippen LogP contribution in [-0.2, 0) is 4.79 Å². The van der Waals surface area contributed by atoms with Crippen LogP contribution < -0.4 is 10.2 Å². The standard InChI is InChI=1S/C19H23Cl2N5O/c1-13(19(27)23-16-8-3-7-15(20)18(16)21)25(2)12-14-6-5-11-26(14)17-9-4-10-22-24-17/h3-4,7-10,13-14H,5-6,11-12H2,1-2H3,(H,23,27). The number of rotatable bonds is 6. The molecule has 1 aliphatic rings. The highest BCUT2D eigenvalue weighted by Crippen LogP contribution is 2.30. The van der Waals surface area contributed by atoms with E-state index in [0.717, 1.165) is 31.7 Å². The van der Waals surface area contributed by atoms with Crippen molar-refractivity contribution in [2.75, 3.05) is 30.4 Å². The van der Waals surface area contributed by atoms with Crippen LogP contribution in [0.4, 0.5) is 11.5 Å². The van der Waals surface area contributed by atoms with E-state index in [1.807, 2.05) is 31.0 Å². The minimum atomic E-state index is -0.315. The van der Waals surface area contributed by atoms with E-state index in [1.165, 1.54) is 0 Å². The van der Waals surface area contributed by atoms with Gasteiger partial charge in [-0.2, -0.15) is 5.10 Å². The van der Waals surface area contributed by atoms with Crippen molar-refractivity contribution in [3.63, 3.8) is 0 Å². The Balaban J connectivity index is 1.62. The lowest BCUT2D eigenvalue weighted by Crippen LogP contribution is -2.46. The van der Waals surface area contributed by atoms with Crippen molar-refractivity contribution < 1.29 is 4.79 Å². The molecule has 1 saturated heterocycles. The molecule has 0 spiro atoms. The van der Waals surface area contributed by atoms with Crippen molar-refractivity contribution in [2.45, 2.75) is 31.8 Å². The van der Waals surface area contributed by atoms with Gasteiger partial charge in [-0.15, -0.1) is 5.10 Å². The van der Waals surface area contributed by atoms with Gasteiger partial charge < -0.3 is 10.2 Å². The minimum absolute atomic E-state index is 0.120. The Hall–Kier alpha value is -1.89. The molecule has 2 heterocycles. The summed E-state index contributed by atoms with van der Waals surface area (Å²) >= 11 is 12.2. The van der Waals surface area contributed by atoms with Gasteiger partial charge in [-0.1, -0.05) is 29.3 Å². The summed E-state index contributed by atoms with van der Waals surface area (Å²) in [6, 6.07) is 9.05. The zero-order valence-corrected chi connectivity index (χ0v) is 16.9. The van der Waals surface area contributed by atoms with Crippen LogP contribution in [0, 0.1) is 0 Å². The van der Waals surface area contributed by atoms with Crippen LogP contribution >= 0.6 is 23.2 Å². The number of nitrogens with zero attached hydrogens (tertiary/aromatic N) is 4. The van der Waals surface area contributed by atoms with E-state index in [2.05, 4.69) is 20.4 Å². The van der Waals surface area contributed by atoms with Gasteiger partial charge >= 0.3 is 0 Å². The Bertz CT molecular complexity index is 789. The number of halogens is 2. The molecule has 0 radical (unpaired) electrons. The predicted molar refractivity (Wildman–Crippen MR) is 110 cm³/mol. The molecule has 1 amide bonds. The maximum absolute atomic E-state index is 12.7. The molecule has 2 unspecified atom stereocenters. The number of aromatic nitrogens is 2. The fourth-order valence-electron chi connectivity index (χ4n) is 3.30. The van der Waals surface area contributed by atoms with E-state index in [-0.39, 0.29) is 11.9 Å². The maximum atomic E-state index is 12.7. The van der Waals surface area contributed by atoms with Gasteiger partial charge in [0.2, 0.25) is 5.91 Å². The molecule has 1 aromatic carbocycles. The van der Waals surface area contributed by atoms with Gasteiger partial charge in [0.25, 0.3) is 0 Å². The van der Waals surface area contributed by atoms with Gasteiger partial charge in [-0.05, 0) is 51.1 Å². The number of anilines is 2. The van der Waals surface area contributed by atoms with E-state index in [9.17, 15) is 4.79 Å². The Morgan fingerprint density at radius 2 is 2.19 bits per heavy atom. The van der Waals surface area contributed by atoms with Crippen LogP contribution in [-0.4, -0.2) is 53.2 Å². The van der Waals surface area contributed by atoms with Crippen molar-refractivity contribution in [2.24, 2.45) is 0 Å². The molecule has 2 atom stereocenters. The second-order valence-electron chi connectivity index (χ2n) is 6.78. The van der Waals surface area contributed by atoms with Gasteiger partial charge in [-0.25, -0.2) is 0 Å². The first kappa shape index (κ1) is 19.9. The number of nitrogens with one attached hydrogen (secondary N) is 1. The molecule has 144 valence electrons. The van der Waals surface area contributed by atoms with Crippen LogP contribution in [0.1, 0.15) is 19.8 Å². The lowest BCUT2D eigenvalue weighted by atomic mass is 10.1. The second-order valence-corrected chi connectivity index (χ2v) is 7.56. The number of hydrogen-bond acceptors (Lipinski definition) is 5. The van der Waals surface area contributed by atoms with Crippen LogP contribution in [0.3, 0.4) is 0 Å². The Kier molecular flexibility index (Phi) is 6.52. The normalized spacial score (nSPS) is 18.0. The van der Waals surface area contributed by atoms with Gasteiger partial charge in [0, 0.05) is 25.3 Å². The fraction of sp³-hybridized carbons (Fsp3) is 0.421. The van der Waals surface area contributed by atoms with E-state index in [1.54, 1.807) is 24.4 Å². The van der Waals surface area contributed by atoms with E-state index in [0.29, 0.717) is 21.8 Å². The highest BCUT2D eigenvalue weighted by molar-refractivity contribution is 6.44. The summed E-state index contributed by atoms with van der Waals surface area (Å²) in [5.74, 6) is 0.766. The topological polar surface area (TPSA) is 61.4 Å². The Labute approximate surface area is 169 Å². The van der Waals surface area contributed by atoms with Crippen LogP contribution in [0.2, 0.25) is 10.0 Å². The monoisotopic (exact) mass is 407 g/mol. The van der Waals surface area contributed by atoms with Crippen LogP contribution in [0.5, 0.6) is 0 Å². The molecule has 3 rings (SSSR count).